The molecule has 6 heteroatoms. The highest BCUT2D eigenvalue weighted by molar-refractivity contribution is 7.89. The molecule has 0 spiro atoms. The molecule has 1 aromatic carbocycles. The van der Waals surface area contributed by atoms with Gasteiger partial charge in [0.25, 0.3) is 0 Å². The van der Waals surface area contributed by atoms with Gasteiger partial charge in [-0.15, -0.1) is 0 Å². The third-order valence-corrected chi connectivity index (χ3v) is 6.75. The smallest absolute Gasteiger partial charge is 0.243 e. The van der Waals surface area contributed by atoms with Gasteiger partial charge in [-0.3, -0.25) is 0 Å². The first-order valence-corrected chi connectivity index (χ1v) is 9.52. The fourth-order valence-electron chi connectivity index (χ4n) is 3.55. The van der Waals surface area contributed by atoms with Crippen LogP contribution in [0.4, 0.5) is 0 Å². The number of hydrogen-bond donors (Lipinski definition) is 1. The summed E-state index contributed by atoms with van der Waals surface area (Å²) in [6.45, 7) is 6.79. The van der Waals surface area contributed by atoms with Gasteiger partial charge >= 0.3 is 0 Å². The summed E-state index contributed by atoms with van der Waals surface area (Å²) in [7, 11) is -3.43. The van der Waals surface area contributed by atoms with E-state index in [1.807, 2.05) is 6.07 Å². The molecule has 0 saturated carbocycles. The van der Waals surface area contributed by atoms with Gasteiger partial charge in [0.1, 0.15) is 11.4 Å². The molecule has 0 atom stereocenters. The highest BCUT2D eigenvalue weighted by atomic mass is 32.2. The fraction of sp³-hybridized carbons (Fsp3) is 0.529. The molecule has 1 N–H and O–H groups in total. The summed E-state index contributed by atoms with van der Waals surface area (Å²) in [5, 5.41) is 3.27. The van der Waals surface area contributed by atoms with Crippen molar-refractivity contribution in [2.75, 3.05) is 26.2 Å². The molecule has 3 aliphatic rings. The minimum absolute atomic E-state index is 0.180. The van der Waals surface area contributed by atoms with Crippen LogP contribution in [0.5, 0.6) is 5.75 Å². The van der Waals surface area contributed by atoms with Crippen LogP contribution in [0.15, 0.2) is 34.2 Å². The summed E-state index contributed by atoms with van der Waals surface area (Å²) in [6, 6.07) is 5.28. The van der Waals surface area contributed by atoms with Crippen molar-refractivity contribution in [3.63, 3.8) is 0 Å². The van der Waals surface area contributed by atoms with E-state index in [4.69, 9.17) is 4.74 Å². The molecule has 23 heavy (non-hydrogen) atoms. The van der Waals surface area contributed by atoms with Gasteiger partial charge in [-0.1, -0.05) is 0 Å². The Bertz CT molecular complexity index is 780. The Labute approximate surface area is 137 Å². The molecule has 0 aliphatic carbocycles. The zero-order chi connectivity index (χ0) is 16.2. The molecule has 4 rings (SSSR count). The predicted octanol–water partition coefficient (Wildman–Crippen LogP) is 1.69. The van der Waals surface area contributed by atoms with E-state index in [0.29, 0.717) is 18.0 Å². The van der Waals surface area contributed by atoms with E-state index < -0.39 is 10.0 Å². The minimum Gasteiger partial charge on any atom is -0.488 e. The fourth-order valence-corrected chi connectivity index (χ4v) is 5.03. The number of ether oxygens (including phenoxy) is 1. The summed E-state index contributed by atoms with van der Waals surface area (Å²) in [5.41, 5.74) is 3.28. The Morgan fingerprint density at radius 1 is 1.17 bits per heavy atom. The SMILES string of the molecule is CC1(C)CCc2cc(S(=O)(=O)N3CC4=C(CNC4)C3)ccc2O1. The largest absolute Gasteiger partial charge is 0.488 e. The van der Waals surface area contributed by atoms with Gasteiger partial charge < -0.3 is 10.1 Å². The average molecular weight is 334 g/mol. The third kappa shape index (κ3) is 2.58. The summed E-state index contributed by atoms with van der Waals surface area (Å²) in [6.07, 6.45) is 1.75. The van der Waals surface area contributed by atoms with Crippen molar-refractivity contribution in [1.29, 1.82) is 0 Å². The first-order valence-electron chi connectivity index (χ1n) is 8.08. The highest BCUT2D eigenvalue weighted by Crippen LogP contribution is 2.35. The van der Waals surface area contributed by atoms with Gasteiger partial charge in [0.2, 0.25) is 10.0 Å². The van der Waals surface area contributed by atoms with Crippen molar-refractivity contribution in [3.8, 4) is 5.75 Å². The number of fused-ring (bicyclic) bond motifs is 1. The molecule has 3 aliphatic heterocycles. The second-order valence-corrected chi connectivity index (χ2v) is 9.15. The van der Waals surface area contributed by atoms with E-state index in [0.717, 1.165) is 37.2 Å². The number of sulfonamides is 1. The molecule has 0 amide bonds. The van der Waals surface area contributed by atoms with Gasteiger partial charge in [0.05, 0.1) is 4.90 Å². The Morgan fingerprint density at radius 2 is 1.87 bits per heavy atom. The van der Waals surface area contributed by atoms with Crippen molar-refractivity contribution in [2.24, 2.45) is 0 Å². The minimum atomic E-state index is -3.43. The molecular weight excluding hydrogens is 312 g/mol. The molecule has 0 radical (unpaired) electrons. The van der Waals surface area contributed by atoms with E-state index >= 15 is 0 Å². The van der Waals surface area contributed by atoms with Gasteiger partial charge in [-0.2, -0.15) is 4.31 Å². The lowest BCUT2D eigenvalue weighted by atomic mass is 9.94. The molecule has 3 heterocycles. The van der Waals surface area contributed by atoms with Crippen molar-refractivity contribution in [2.45, 2.75) is 37.2 Å². The molecule has 1 aromatic rings. The predicted molar refractivity (Wildman–Crippen MR) is 88.1 cm³/mol. The number of benzene rings is 1. The number of aryl methyl sites for hydroxylation is 1. The van der Waals surface area contributed by atoms with Crippen LogP contribution in [0.3, 0.4) is 0 Å². The van der Waals surface area contributed by atoms with Crippen LogP contribution in [0, 0.1) is 0 Å². The van der Waals surface area contributed by atoms with Crippen molar-refractivity contribution in [3.05, 3.63) is 34.9 Å². The lowest BCUT2D eigenvalue weighted by Crippen LogP contribution is -2.34. The molecule has 0 aromatic heterocycles. The molecule has 0 unspecified atom stereocenters. The zero-order valence-corrected chi connectivity index (χ0v) is 14.4. The van der Waals surface area contributed by atoms with Gasteiger partial charge in [0, 0.05) is 26.2 Å². The van der Waals surface area contributed by atoms with Gasteiger partial charge in [-0.05, 0) is 61.6 Å². The second kappa shape index (κ2) is 5.06. The van der Waals surface area contributed by atoms with E-state index in [2.05, 4.69) is 19.2 Å². The van der Waals surface area contributed by atoms with Crippen LogP contribution in [0.1, 0.15) is 25.8 Å². The van der Waals surface area contributed by atoms with E-state index in [9.17, 15) is 8.42 Å². The molecular formula is C17H22N2O3S. The molecule has 0 bridgehead atoms. The van der Waals surface area contributed by atoms with Gasteiger partial charge in [-0.25, -0.2) is 8.42 Å². The Balaban J connectivity index is 1.61. The van der Waals surface area contributed by atoms with Crippen molar-refractivity contribution >= 4 is 10.0 Å². The molecule has 5 nitrogen and oxygen atoms in total. The third-order valence-electron chi connectivity index (χ3n) is 4.96. The number of nitrogens with zero attached hydrogens (tertiary/aromatic N) is 1. The summed E-state index contributed by atoms with van der Waals surface area (Å²) < 4.78 is 33.4. The van der Waals surface area contributed by atoms with E-state index in [1.165, 1.54) is 11.1 Å². The van der Waals surface area contributed by atoms with E-state index in [-0.39, 0.29) is 5.60 Å². The van der Waals surface area contributed by atoms with Crippen LogP contribution in [0.2, 0.25) is 0 Å². The van der Waals surface area contributed by atoms with Crippen molar-refractivity contribution in [1.82, 2.24) is 9.62 Å². The van der Waals surface area contributed by atoms with Gasteiger partial charge in [0.15, 0.2) is 0 Å². The summed E-state index contributed by atoms with van der Waals surface area (Å²) in [5.74, 6) is 0.812. The molecule has 124 valence electrons. The average Bonchev–Trinajstić information content (AvgIpc) is 3.07. The number of hydrogen-bond acceptors (Lipinski definition) is 4. The van der Waals surface area contributed by atoms with Crippen molar-refractivity contribution < 1.29 is 13.2 Å². The summed E-state index contributed by atoms with van der Waals surface area (Å²) >= 11 is 0. The Kier molecular flexibility index (Phi) is 3.34. The number of rotatable bonds is 2. The maximum Gasteiger partial charge on any atom is 0.243 e. The lowest BCUT2D eigenvalue weighted by molar-refractivity contribution is 0.0845. The van der Waals surface area contributed by atoms with Crippen LogP contribution < -0.4 is 10.1 Å². The lowest BCUT2D eigenvalue weighted by Gasteiger charge is -2.32. The van der Waals surface area contributed by atoms with Crippen LogP contribution in [-0.4, -0.2) is 44.5 Å². The first-order chi connectivity index (χ1) is 10.9. The van der Waals surface area contributed by atoms with E-state index in [1.54, 1.807) is 16.4 Å². The topological polar surface area (TPSA) is 58.6 Å². The van der Waals surface area contributed by atoms with Crippen LogP contribution in [0.25, 0.3) is 0 Å². The standard InChI is InChI=1S/C17H22N2O3S/c1-17(2)6-5-12-7-15(3-4-16(12)22-17)23(20,21)19-10-13-8-18-9-14(13)11-19/h3-4,7,18H,5-6,8-11H2,1-2H3. The van der Waals surface area contributed by atoms with Crippen LogP contribution in [-0.2, 0) is 16.4 Å². The second-order valence-electron chi connectivity index (χ2n) is 7.22. The number of nitrogens with one attached hydrogen (secondary N) is 1. The highest BCUT2D eigenvalue weighted by Gasteiger charge is 2.35. The van der Waals surface area contributed by atoms with Crippen LogP contribution >= 0.6 is 0 Å². The Hall–Kier alpha value is -1.37. The maximum atomic E-state index is 12.9. The quantitative estimate of drug-likeness (QED) is 0.836. The monoisotopic (exact) mass is 334 g/mol. The summed E-state index contributed by atoms with van der Waals surface area (Å²) in [4.78, 5) is 0.383. The molecule has 0 fully saturated rings. The normalized spacial score (nSPS) is 23.6. The molecule has 0 saturated heterocycles. The zero-order valence-electron chi connectivity index (χ0n) is 13.6. The first kappa shape index (κ1) is 15.2. The maximum absolute atomic E-state index is 12.9. The Morgan fingerprint density at radius 3 is 2.57 bits per heavy atom.